The Labute approximate surface area is 84.1 Å². The van der Waals surface area contributed by atoms with E-state index in [1.54, 1.807) is 0 Å². The molecule has 0 aliphatic carbocycles. The van der Waals surface area contributed by atoms with Crippen molar-refractivity contribution in [2.45, 2.75) is 25.7 Å². The van der Waals surface area contributed by atoms with Crippen molar-refractivity contribution >= 4 is 0 Å². The first-order valence-corrected chi connectivity index (χ1v) is 5.37. The second-order valence-corrected chi connectivity index (χ2v) is 5.23. The number of hydrogen-bond donors (Lipinski definition) is 0. The van der Waals surface area contributed by atoms with E-state index in [0.29, 0.717) is 0 Å². The molecule has 0 N–H and O–H groups in total. The van der Waals surface area contributed by atoms with Crippen LogP contribution in [0.25, 0.3) is 0 Å². The van der Waals surface area contributed by atoms with Crippen molar-refractivity contribution in [3.63, 3.8) is 0 Å². The molecule has 0 bridgehead atoms. The standard InChI is InChI=1S/C11H27N2/c1-12(2)10-8-6-7-9-11-13(3,4)5/h6-11H2,1-5H3/q+1. The molecule has 0 spiro atoms. The van der Waals surface area contributed by atoms with Crippen LogP contribution in [-0.4, -0.2) is 57.7 Å². The zero-order valence-electron chi connectivity index (χ0n) is 10.1. The Balaban J connectivity index is 3.09. The van der Waals surface area contributed by atoms with Gasteiger partial charge in [0.2, 0.25) is 0 Å². The molecule has 0 aromatic heterocycles. The van der Waals surface area contributed by atoms with Crippen molar-refractivity contribution in [2.75, 3.05) is 48.3 Å². The molecule has 0 aliphatic heterocycles. The summed E-state index contributed by atoms with van der Waals surface area (Å²) in [6, 6.07) is 0. The van der Waals surface area contributed by atoms with Crippen LogP contribution in [0, 0.1) is 0 Å². The fourth-order valence-electron chi connectivity index (χ4n) is 1.37. The molecule has 0 saturated heterocycles. The predicted octanol–water partition coefficient (Wildman–Crippen LogP) is 1.81. The highest BCUT2D eigenvalue weighted by Gasteiger charge is 2.04. The van der Waals surface area contributed by atoms with Gasteiger partial charge in [-0.2, -0.15) is 0 Å². The summed E-state index contributed by atoms with van der Waals surface area (Å²) >= 11 is 0. The van der Waals surface area contributed by atoms with Gasteiger partial charge in [-0.05, 0) is 39.9 Å². The number of hydrogen-bond acceptors (Lipinski definition) is 1. The minimum absolute atomic E-state index is 1.10. The first-order chi connectivity index (χ1) is 5.92. The van der Waals surface area contributed by atoms with Gasteiger partial charge in [0.15, 0.2) is 0 Å². The van der Waals surface area contributed by atoms with E-state index in [9.17, 15) is 0 Å². The average molecular weight is 187 g/mol. The zero-order chi connectivity index (χ0) is 10.3. The molecule has 2 heteroatoms. The van der Waals surface area contributed by atoms with Gasteiger partial charge in [-0.25, -0.2) is 0 Å². The highest BCUT2D eigenvalue weighted by atomic mass is 15.3. The van der Waals surface area contributed by atoms with Gasteiger partial charge in [-0.3, -0.25) is 0 Å². The van der Waals surface area contributed by atoms with Crippen LogP contribution in [0.5, 0.6) is 0 Å². The van der Waals surface area contributed by atoms with Crippen molar-refractivity contribution < 1.29 is 4.48 Å². The maximum absolute atomic E-state index is 2.26. The van der Waals surface area contributed by atoms with Gasteiger partial charge in [0.25, 0.3) is 0 Å². The van der Waals surface area contributed by atoms with Crippen LogP contribution in [0.1, 0.15) is 25.7 Å². The Kier molecular flexibility index (Phi) is 6.35. The fourth-order valence-corrected chi connectivity index (χ4v) is 1.37. The lowest BCUT2D eigenvalue weighted by molar-refractivity contribution is -0.870. The Bertz CT molecular complexity index is 114. The van der Waals surface area contributed by atoms with Crippen LogP contribution >= 0.6 is 0 Å². The van der Waals surface area contributed by atoms with Gasteiger partial charge in [0.1, 0.15) is 0 Å². The van der Waals surface area contributed by atoms with Gasteiger partial charge in [-0.1, -0.05) is 6.42 Å². The molecule has 0 aromatic rings. The second kappa shape index (κ2) is 6.39. The normalized spacial score (nSPS) is 12.5. The third kappa shape index (κ3) is 11.9. The number of quaternary nitrogens is 1. The smallest absolute Gasteiger partial charge is 0.0780 e. The molecule has 13 heavy (non-hydrogen) atoms. The number of nitrogens with zero attached hydrogens (tertiary/aromatic N) is 2. The molecule has 0 unspecified atom stereocenters. The van der Waals surface area contributed by atoms with E-state index in [0.717, 1.165) is 4.48 Å². The monoisotopic (exact) mass is 187 g/mol. The molecule has 0 fully saturated rings. The van der Waals surface area contributed by atoms with Crippen molar-refractivity contribution in [3.05, 3.63) is 0 Å². The van der Waals surface area contributed by atoms with Crippen molar-refractivity contribution in [3.8, 4) is 0 Å². The Morgan fingerprint density at radius 3 is 1.85 bits per heavy atom. The Morgan fingerprint density at radius 2 is 1.38 bits per heavy atom. The van der Waals surface area contributed by atoms with Crippen molar-refractivity contribution in [2.24, 2.45) is 0 Å². The van der Waals surface area contributed by atoms with Gasteiger partial charge in [0, 0.05) is 0 Å². The van der Waals surface area contributed by atoms with E-state index >= 15 is 0 Å². The first-order valence-electron chi connectivity index (χ1n) is 5.37. The van der Waals surface area contributed by atoms with E-state index in [4.69, 9.17) is 0 Å². The maximum Gasteiger partial charge on any atom is 0.0780 e. The highest BCUT2D eigenvalue weighted by molar-refractivity contribution is 4.46. The van der Waals surface area contributed by atoms with E-state index in [1.807, 2.05) is 0 Å². The third-order valence-electron chi connectivity index (χ3n) is 2.18. The topological polar surface area (TPSA) is 3.24 Å². The van der Waals surface area contributed by atoms with Crippen LogP contribution in [0.3, 0.4) is 0 Å². The average Bonchev–Trinajstić information content (AvgIpc) is 1.93. The summed E-state index contributed by atoms with van der Waals surface area (Å²) in [7, 11) is 11.1. The van der Waals surface area contributed by atoms with Crippen LogP contribution < -0.4 is 0 Å². The highest BCUT2D eigenvalue weighted by Crippen LogP contribution is 2.03. The third-order valence-corrected chi connectivity index (χ3v) is 2.18. The summed E-state index contributed by atoms with van der Waals surface area (Å²) in [6.07, 6.45) is 5.50. The first kappa shape index (κ1) is 12.9. The fraction of sp³-hybridized carbons (Fsp3) is 1.00. The minimum atomic E-state index is 1.10. The summed E-state index contributed by atoms with van der Waals surface area (Å²) < 4.78 is 1.10. The zero-order valence-corrected chi connectivity index (χ0v) is 10.1. The van der Waals surface area contributed by atoms with E-state index in [-0.39, 0.29) is 0 Å². The predicted molar refractivity (Wildman–Crippen MR) is 59.9 cm³/mol. The molecule has 0 atom stereocenters. The van der Waals surface area contributed by atoms with Crippen LogP contribution in [0.4, 0.5) is 0 Å². The molecule has 0 aromatic carbocycles. The van der Waals surface area contributed by atoms with Crippen molar-refractivity contribution in [1.29, 1.82) is 0 Å². The second-order valence-electron chi connectivity index (χ2n) is 5.23. The maximum atomic E-state index is 2.26. The van der Waals surface area contributed by atoms with E-state index in [1.165, 1.54) is 38.8 Å². The molecule has 0 heterocycles. The number of rotatable bonds is 7. The van der Waals surface area contributed by atoms with Crippen molar-refractivity contribution in [1.82, 2.24) is 4.90 Å². The van der Waals surface area contributed by atoms with Gasteiger partial charge < -0.3 is 9.38 Å². The van der Waals surface area contributed by atoms with Crippen LogP contribution in [0.15, 0.2) is 0 Å². The molecule has 0 aliphatic rings. The Hall–Kier alpha value is -0.0800. The summed E-state index contributed by atoms with van der Waals surface area (Å²) in [5, 5.41) is 0. The van der Waals surface area contributed by atoms with Gasteiger partial charge in [-0.15, -0.1) is 0 Å². The summed E-state index contributed by atoms with van der Waals surface area (Å²) in [4.78, 5) is 2.26. The van der Waals surface area contributed by atoms with E-state index in [2.05, 4.69) is 40.1 Å². The lowest BCUT2D eigenvalue weighted by Gasteiger charge is -2.23. The molecule has 0 amide bonds. The summed E-state index contributed by atoms with van der Waals surface area (Å²) in [6.45, 7) is 2.55. The van der Waals surface area contributed by atoms with E-state index < -0.39 is 0 Å². The number of unbranched alkanes of at least 4 members (excludes halogenated alkanes) is 3. The van der Waals surface area contributed by atoms with Crippen LogP contribution in [-0.2, 0) is 0 Å². The lowest BCUT2D eigenvalue weighted by atomic mass is 10.2. The SMILES string of the molecule is CN(C)CCCCCC[N+](C)(C)C. The van der Waals surface area contributed by atoms with Gasteiger partial charge >= 0.3 is 0 Å². The molecule has 80 valence electrons. The molecule has 0 rings (SSSR count). The largest absolute Gasteiger partial charge is 0.331 e. The molecular weight excluding hydrogens is 160 g/mol. The summed E-state index contributed by atoms with van der Waals surface area (Å²) in [5.41, 5.74) is 0. The Morgan fingerprint density at radius 1 is 0.846 bits per heavy atom. The summed E-state index contributed by atoms with van der Waals surface area (Å²) in [5.74, 6) is 0. The molecule has 0 radical (unpaired) electrons. The molecule has 2 nitrogen and oxygen atoms in total. The molecular formula is C11H27N2+. The quantitative estimate of drug-likeness (QED) is 0.434. The lowest BCUT2D eigenvalue weighted by Crippen LogP contribution is -2.35. The van der Waals surface area contributed by atoms with Gasteiger partial charge in [0.05, 0.1) is 27.7 Å². The van der Waals surface area contributed by atoms with Crippen LogP contribution in [0.2, 0.25) is 0 Å². The minimum Gasteiger partial charge on any atom is -0.331 e. The molecule has 0 saturated carbocycles.